The van der Waals surface area contributed by atoms with E-state index in [1.54, 1.807) is 6.20 Å². The average molecular weight is 356 g/mol. The van der Waals surface area contributed by atoms with Gasteiger partial charge in [0, 0.05) is 5.39 Å². The van der Waals surface area contributed by atoms with Crippen molar-refractivity contribution in [2.45, 2.75) is 25.8 Å². The molecule has 0 saturated heterocycles. The van der Waals surface area contributed by atoms with E-state index >= 15 is 0 Å². The van der Waals surface area contributed by atoms with Crippen molar-refractivity contribution >= 4 is 49.5 Å². The van der Waals surface area contributed by atoms with E-state index in [0.717, 1.165) is 26.9 Å². The third-order valence-corrected chi connectivity index (χ3v) is 4.58. The minimum absolute atomic E-state index is 0.322. The Morgan fingerprint density at radius 1 is 1.30 bits per heavy atom. The maximum atomic E-state index is 14.3. The lowest BCUT2D eigenvalue weighted by molar-refractivity contribution is 0.628. The van der Waals surface area contributed by atoms with Gasteiger partial charge in [-0.15, -0.1) is 11.8 Å². The van der Waals surface area contributed by atoms with Crippen LogP contribution in [0, 0.1) is 12.7 Å². The van der Waals surface area contributed by atoms with Gasteiger partial charge in [0.1, 0.15) is 10.5 Å². The van der Waals surface area contributed by atoms with Gasteiger partial charge in [-0.25, -0.2) is 9.37 Å². The van der Waals surface area contributed by atoms with Gasteiger partial charge in [-0.2, -0.15) is 5.10 Å². The molecule has 2 heterocycles. The number of pyridine rings is 1. The molecule has 1 aromatic carbocycles. The molecule has 0 aliphatic rings. The van der Waals surface area contributed by atoms with E-state index in [0.29, 0.717) is 9.99 Å². The molecule has 0 spiro atoms. The van der Waals surface area contributed by atoms with Crippen molar-refractivity contribution in [3.05, 3.63) is 28.1 Å². The Kier molecular flexibility index (Phi) is 4.65. The predicted molar refractivity (Wildman–Crippen MR) is 86.9 cm³/mol. The fraction of sp³-hybridized carbons (Fsp3) is 0.286. The van der Waals surface area contributed by atoms with Gasteiger partial charge in [-0.3, -0.25) is 5.10 Å². The van der Waals surface area contributed by atoms with Crippen LogP contribution in [0.15, 0.2) is 21.8 Å². The van der Waals surface area contributed by atoms with Crippen molar-refractivity contribution in [3.63, 3.8) is 0 Å². The van der Waals surface area contributed by atoms with Crippen molar-refractivity contribution in [3.8, 4) is 0 Å². The van der Waals surface area contributed by atoms with Crippen LogP contribution in [-0.4, -0.2) is 21.4 Å². The van der Waals surface area contributed by atoms with Crippen LogP contribution in [0.3, 0.4) is 0 Å². The fourth-order valence-corrected chi connectivity index (χ4v) is 2.87. The Morgan fingerprint density at radius 2 is 2.00 bits per heavy atom. The Hall–Kier alpha value is -1.14. The van der Waals surface area contributed by atoms with Crippen molar-refractivity contribution in [2.75, 3.05) is 6.26 Å². The summed E-state index contributed by atoms with van der Waals surface area (Å²) in [7, 11) is 0. The number of hydrogen-bond acceptors (Lipinski definition) is 3. The minimum Gasteiger partial charge on any atom is -0.277 e. The molecule has 0 fully saturated rings. The van der Waals surface area contributed by atoms with Gasteiger partial charge >= 0.3 is 0 Å². The molecule has 0 aliphatic heterocycles. The summed E-state index contributed by atoms with van der Waals surface area (Å²) in [6.45, 7) is 5.86. The average Bonchev–Trinajstić information content (AvgIpc) is 2.96. The molecule has 3 nitrogen and oxygen atoms in total. The quantitative estimate of drug-likeness (QED) is 0.619. The molecular weight excluding hydrogens is 341 g/mol. The number of thioether (sulfide) groups is 1. The lowest BCUT2D eigenvalue weighted by Gasteiger charge is -2.07. The van der Waals surface area contributed by atoms with Gasteiger partial charge in [0.25, 0.3) is 0 Å². The Labute approximate surface area is 129 Å². The summed E-state index contributed by atoms with van der Waals surface area (Å²) in [6.07, 6.45) is 3.64. The minimum atomic E-state index is -0.322. The summed E-state index contributed by atoms with van der Waals surface area (Å²) in [5.74, 6) is -0.322. The van der Waals surface area contributed by atoms with Crippen LogP contribution in [-0.2, 0) is 0 Å². The number of aryl methyl sites for hydroxylation is 1. The molecule has 0 radical (unpaired) electrons. The normalized spacial score (nSPS) is 10.7. The lowest BCUT2D eigenvalue weighted by atomic mass is 10.1. The van der Waals surface area contributed by atoms with Crippen LogP contribution in [0.2, 0.25) is 0 Å². The van der Waals surface area contributed by atoms with Gasteiger partial charge < -0.3 is 0 Å². The number of aromatic nitrogens is 3. The van der Waals surface area contributed by atoms with Gasteiger partial charge in [-0.1, -0.05) is 13.8 Å². The van der Waals surface area contributed by atoms with Crippen LogP contribution in [0.5, 0.6) is 0 Å². The molecule has 3 aromatic rings. The Balaban J connectivity index is 0.000000704. The van der Waals surface area contributed by atoms with Crippen LogP contribution < -0.4 is 0 Å². The number of fused-ring (bicyclic) bond motifs is 3. The first-order valence-electron chi connectivity index (χ1n) is 6.29. The first-order valence-corrected chi connectivity index (χ1v) is 8.30. The highest BCUT2D eigenvalue weighted by atomic mass is 79.9. The zero-order valence-corrected chi connectivity index (χ0v) is 14.1. The molecule has 20 heavy (non-hydrogen) atoms. The molecule has 0 saturated carbocycles. The Bertz CT molecular complexity index is 770. The first-order chi connectivity index (χ1) is 9.63. The third-order valence-electron chi connectivity index (χ3n) is 2.91. The van der Waals surface area contributed by atoms with Crippen molar-refractivity contribution in [1.82, 2.24) is 15.2 Å². The molecule has 1 N–H and O–H groups in total. The van der Waals surface area contributed by atoms with Crippen LogP contribution in [0.1, 0.15) is 19.4 Å². The van der Waals surface area contributed by atoms with Crippen LogP contribution in [0.25, 0.3) is 21.8 Å². The maximum absolute atomic E-state index is 14.3. The van der Waals surface area contributed by atoms with Crippen LogP contribution in [0.4, 0.5) is 4.39 Å². The number of rotatable bonds is 1. The van der Waals surface area contributed by atoms with E-state index in [1.165, 1.54) is 11.8 Å². The highest BCUT2D eigenvalue weighted by molar-refractivity contribution is 9.10. The molecule has 0 aliphatic carbocycles. The zero-order chi connectivity index (χ0) is 14.9. The van der Waals surface area contributed by atoms with Crippen LogP contribution >= 0.6 is 27.7 Å². The number of benzene rings is 1. The summed E-state index contributed by atoms with van der Waals surface area (Å²) < 4.78 is 14.7. The summed E-state index contributed by atoms with van der Waals surface area (Å²) in [5.41, 5.74) is 2.04. The van der Waals surface area contributed by atoms with Gasteiger partial charge in [0.05, 0.1) is 21.6 Å². The van der Waals surface area contributed by atoms with E-state index in [2.05, 4.69) is 31.1 Å². The molecule has 6 heteroatoms. The number of nitrogens with one attached hydrogen (secondary N) is 1. The smallest absolute Gasteiger partial charge is 0.163 e. The number of nitrogens with zero attached hydrogens (tertiary/aromatic N) is 2. The molecule has 0 amide bonds. The summed E-state index contributed by atoms with van der Waals surface area (Å²) in [5, 5.41) is 9.42. The highest BCUT2D eigenvalue weighted by Crippen LogP contribution is 2.34. The predicted octanol–water partition coefficient (Wildman–Crippen LogP) is 5.07. The van der Waals surface area contributed by atoms with Crippen molar-refractivity contribution in [1.29, 1.82) is 0 Å². The molecule has 2 aromatic heterocycles. The molecule has 0 bridgehead atoms. The summed E-state index contributed by atoms with van der Waals surface area (Å²) in [6, 6.07) is 1.92. The SMILES string of the molecule is CC.CSc1nc2c(F)c(Br)c(C)cc2c2[nH]ncc12. The topological polar surface area (TPSA) is 41.6 Å². The standard InChI is InChI=1S/C12H9BrFN3S.C2H6/c1-5-3-6-10-7(4-15-17-10)12(18-2)16-11(6)9(14)8(5)13;1-2/h3-4H,1-2H3,(H,15,17);1-2H3. The zero-order valence-electron chi connectivity index (χ0n) is 11.7. The van der Waals surface area contributed by atoms with Crippen molar-refractivity contribution in [2.24, 2.45) is 0 Å². The number of halogens is 2. The first kappa shape index (κ1) is 15.3. The summed E-state index contributed by atoms with van der Waals surface area (Å²) in [4.78, 5) is 4.39. The lowest BCUT2D eigenvalue weighted by Crippen LogP contribution is -1.92. The Morgan fingerprint density at radius 3 is 2.65 bits per heavy atom. The van der Waals surface area contributed by atoms with Gasteiger partial charge in [0.15, 0.2) is 5.82 Å². The van der Waals surface area contributed by atoms with E-state index in [4.69, 9.17) is 0 Å². The summed E-state index contributed by atoms with van der Waals surface area (Å²) >= 11 is 4.74. The van der Waals surface area contributed by atoms with E-state index < -0.39 is 0 Å². The highest BCUT2D eigenvalue weighted by Gasteiger charge is 2.16. The van der Waals surface area contributed by atoms with Gasteiger partial charge in [-0.05, 0) is 40.7 Å². The number of H-pyrrole nitrogens is 1. The molecule has 0 atom stereocenters. The second kappa shape index (κ2) is 6.10. The molecule has 0 unspecified atom stereocenters. The third kappa shape index (κ3) is 2.31. The fourth-order valence-electron chi connectivity index (χ4n) is 2.01. The van der Waals surface area contributed by atoms with E-state index in [1.807, 2.05) is 33.1 Å². The maximum Gasteiger partial charge on any atom is 0.163 e. The van der Waals surface area contributed by atoms with E-state index in [-0.39, 0.29) is 5.82 Å². The second-order valence-electron chi connectivity index (χ2n) is 4.00. The largest absolute Gasteiger partial charge is 0.277 e. The molecular formula is C14H15BrFN3S. The van der Waals surface area contributed by atoms with Crippen molar-refractivity contribution < 1.29 is 4.39 Å². The molecule has 106 valence electrons. The monoisotopic (exact) mass is 355 g/mol. The van der Waals surface area contributed by atoms with Gasteiger partial charge in [0.2, 0.25) is 0 Å². The number of aromatic amines is 1. The van der Waals surface area contributed by atoms with E-state index in [9.17, 15) is 4.39 Å². The number of hydrogen-bond donors (Lipinski definition) is 1. The second-order valence-corrected chi connectivity index (χ2v) is 5.59. The molecule has 3 rings (SSSR count).